The third kappa shape index (κ3) is 13.0. The third-order valence-electron chi connectivity index (χ3n) is 10.5. The van der Waals surface area contributed by atoms with E-state index >= 15 is 0 Å². The lowest BCUT2D eigenvalue weighted by Crippen LogP contribution is -2.31. The zero-order chi connectivity index (χ0) is 52.0. The van der Waals surface area contributed by atoms with Crippen LogP contribution in [0.4, 0.5) is 27.8 Å². The first kappa shape index (κ1) is 51.7. The van der Waals surface area contributed by atoms with Crippen LogP contribution in [0.25, 0.3) is 21.8 Å². The summed E-state index contributed by atoms with van der Waals surface area (Å²) >= 11 is 3.33. The van der Waals surface area contributed by atoms with Crippen molar-refractivity contribution in [1.29, 1.82) is 5.26 Å². The second-order valence-electron chi connectivity index (χ2n) is 17.3. The monoisotopic (exact) mass is 1070 g/mol. The van der Waals surface area contributed by atoms with E-state index in [1.807, 2.05) is 42.5 Å². The normalized spacial score (nSPS) is 11.5. The smallest absolute Gasteiger partial charge is 0.413 e. The van der Waals surface area contributed by atoms with Gasteiger partial charge in [0.2, 0.25) is 0 Å². The Labute approximate surface area is 424 Å². The number of amides is 3. The number of anilines is 4. The number of carbonyl (C=O) groups is 3. The molecule has 0 bridgehead atoms. The number of benzene rings is 4. The van der Waals surface area contributed by atoms with Gasteiger partial charge >= 0.3 is 6.09 Å². The molecule has 17 nitrogen and oxygen atoms in total. The molecule has 0 atom stereocenters. The number of ether oxygens (including phenoxy) is 1. The summed E-state index contributed by atoms with van der Waals surface area (Å²) in [6.07, 6.45) is 7.48. The second-order valence-corrected chi connectivity index (χ2v) is 22.2. The number of nitrogens with one attached hydrogen (secondary N) is 1. The third-order valence-corrected chi connectivity index (χ3v) is 13.3. The molecule has 0 unspecified atom stereocenters. The predicted molar refractivity (Wildman–Crippen MR) is 279 cm³/mol. The summed E-state index contributed by atoms with van der Waals surface area (Å²) < 4.78 is 56.4. The van der Waals surface area contributed by atoms with Gasteiger partial charge in [-0.05, 0) is 129 Å². The Morgan fingerprint density at radius 3 is 1.68 bits per heavy atom. The zero-order valence-electron chi connectivity index (χ0n) is 39.4. The standard InChI is InChI=1S/C28H27BrN4O5S.C24H19N5O3S/c1-28(2,3)38-27(35)32-25-12-9-19-8-7-18(14-22(19)31-25)17-33(26(34)20-6-5-13-30-16-20)23-11-10-21(29)15-24(23)39(4,36)37;1-33(31,32)22-12-16(13-25)5-8-21(22)29(24(30)19-3-2-10-27-14-19)15-17-4-6-18-7-9-23(26)28-20(18)11-17/h5-16H,17H2,1-4H3,(H,31,32,35);2-12,14H,15H2,1H3,(H2,26,28). The number of nitrogens with zero attached hydrogens (tertiary/aromatic N) is 7. The number of nitrogen functional groups attached to an aromatic ring is 1. The van der Waals surface area contributed by atoms with Crippen LogP contribution in [0.15, 0.2) is 160 Å². The summed E-state index contributed by atoms with van der Waals surface area (Å²) in [4.78, 5) is 58.9. The Balaban J connectivity index is 0.000000214. The number of sulfone groups is 2. The number of nitriles is 1. The lowest BCUT2D eigenvalue weighted by atomic mass is 10.1. The number of halogens is 1. The van der Waals surface area contributed by atoms with Crippen molar-refractivity contribution in [2.75, 3.05) is 33.4 Å². The Hall–Kier alpha value is -8.12. The van der Waals surface area contributed by atoms with Gasteiger partial charge in [0.15, 0.2) is 19.7 Å². The van der Waals surface area contributed by atoms with Gasteiger partial charge in [-0.1, -0.05) is 40.2 Å². The van der Waals surface area contributed by atoms with E-state index in [-0.39, 0.29) is 39.8 Å². The highest BCUT2D eigenvalue weighted by molar-refractivity contribution is 9.10. The highest BCUT2D eigenvalue weighted by Gasteiger charge is 2.27. The molecule has 0 saturated carbocycles. The Morgan fingerprint density at radius 2 is 1.18 bits per heavy atom. The fourth-order valence-electron chi connectivity index (χ4n) is 7.32. The van der Waals surface area contributed by atoms with Gasteiger partial charge in [0.05, 0.1) is 68.0 Å². The number of rotatable bonds is 11. The first-order chi connectivity index (χ1) is 34.1. The van der Waals surface area contributed by atoms with Crippen molar-refractivity contribution in [2.45, 2.75) is 49.3 Å². The minimum atomic E-state index is -3.75. The molecule has 3 N–H and O–H groups in total. The Morgan fingerprint density at radius 1 is 0.681 bits per heavy atom. The first-order valence-corrected chi connectivity index (χ1v) is 26.4. The molecule has 3 amide bonds. The average molecular weight is 1070 g/mol. The van der Waals surface area contributed by atoms with Gasteiger partial charge in [-0.2, -0.15) is 5.26 Å². The van der Waals surface area contributed by atoms with Gasteiger partial charge in [0.25, 0.3) is 11.8 Å². The number of pyridine rings is 4. The van der Waals surface area contributed by atoms with Crippen LogP contribution in [0.1, 0.15) is 58.2 Å². The average Bonchev–Trinajstić information content (AvgIpc) is 3.33. The lowest BCUT2D eigenvalue weighted by molar-refractivity contribution is 0.0634. The predicted octanol–water partition coefficient (Wildman–Crippen LogP) is 9.32. The molecule has 0 radical (unpaired) electrons. The largest absolute Gasteiger partial charge is 0.444 e. The first-order valence-electron chi connectivity index (χ1n) is 21.8. The van der Waals surface area contributed by atoms with E-state index in [9.17, 15) is 36.5 Å². The fraction of sp³-hybridized carbons (Fsp3) is 0.154. The quantitative estimate of drug-likeness (QED) is 0.123. The number of hydrogen-bond donors (Lipinski definition) is 2. The fourth-order valence-corrected chi connectivity index (χ4v) is 9.63. The molecular formula is C52H46BrN9O8S2. The van der Waals surface area contributed by atoms with Gasteiger partial charge in [-0.15, -0.1) is 0 Å². The lowest BCUT2D eigenvalue weighted by Gasteiger charge is -2.25. The molecule has 0 saturated heterocycles. The van der Waals surface area contributed by atoms with Crippen molar-refractivity contribution in [1.82, 2.24) is 19.9 Å². The van der Waals surface area contributed by atoms with Crippen molar-refractivity contribution >= 4 is 98.3 Å². The summed E-state index contributed by atoms with van der Waals surface area (Å²) in [5.41, 5.74) is 9.00. The summed E-state index contributed by atoms with van der Waals surface area (Å²) in [6, 6.07) is 35.5. The molecule has 72 heavy (non-hydrogen) atoms. The summed E-state index contributed by atoms with van der Waals surface area (Å²) in [6.45, 7) is 5.43. The van der Waals surface area contributed by atoms with Crippen LogP contribution in [0.5, 0.6) is 0 Å². The van der Waals surface area contributed by atoms with Crippen LogP contribution in [0.3, 0.4) is 0 Å². The van der Waals surface area contributed by atoms with E-state index in [4.69, 9.17) is 10.5 Å². The van der Waals surface area contributed by atoms with E-state index in [0.717, 1.165) is 28.8 Å². The van der Waals surface area contributed by atoms with Crippen LogP contribution in [-0.4, -0.2) is 72.8 Å². The van der Waals surface area contributed by atoms with Crippen molar-refractivity contribution < 1.29 is 36.0 Å². The van der Waals surface area contributed by atoms with Crippen LogP contribution in [0, 0.1) is 11.3 Å². The Bertz CT molecular complexity index is 3650. The highest BCUT2D eigenvalue weighted by atomic mass is 79.9. The van der Waals surface area contributed by atoms with Gasteiger partial charge in [-0.25, -0.2) is 31.6 Å². The molecule has 0 spiro atoms. The molecule has 0 aliphatic rings. The number of carbonyl (C=O) groups excluding carboxylic acids is 3. The van der Waals surface area contributed by atoms with Crippen LogP contribution in [0.2, 0.25) is 0 Å². The molecular weight excluding hydrogens is 1020 g/mol. The molecule has 0 aliphatic heterocycles. The van der Waals surface area contributed by atoms with E-state index in [1.54, 1.807) is 93.8 Å². The van der Waals surface area contributed by atoms with Crippen LogP contribution in [-0.2, 0) is 37.5 Å². The number of fused-ring (bicyclic) bond motifs is 2. The van der Waals surface area contributed by atoms with Crippen molar-refractivity contribution in [3.05, 3.63) is 178 Å². The molecule has 8 aromatic rings. The maximum absolute atomic E-state index is 13.7. The van der Waals surface area contributed by atoms with E-state index < -0.39 is 43.2 Å². The maximum Gasteiger partial charge on any atom is 0.413 e. The molecule has 4 aromatic carbocycles. The highest BCUT2D eigenvalue weighted by Crippen LogP contribution is 2.33. The van der Waals surface area contributed by atoms with Crippen molar-refractivity contribution in [2.24, 2.45) is 0 Å². The summed E-state index contributed by atoms with van der Waals surface area (Å²) in [5, 5.41) is 13.6. The van der Waals surface area contributed by atoms with Gasteiger partial charge in [0.1, 0.15) is 17.2 Å². The number of aromatic nitrogens is 4. The van der Waals surface area contributed by atoms with Crippen molar-refractivity contribution in [3.63, 3.8) is 0 Å². The molecule has 4 aromatic heterocycles. The SMILES string of the molecule is CC(C)(C)OC(=O)Nc1ccc2ccc(CN(C(=O)c3cccnc3)c3ccc(Br)cc3S(C)(=O)=O)cc2n1.CS(=O)(=O)c1cc(C#N)ccc1N(Cc1ccc2ccc(N)nc2c1)C(=O)c1cccnc1. The second kappa shape index (κ2) is 21.5. The van der Waals surface area contributed by atoms with Gasteiger partial charge < -0.3 is 20.3 Å². The topological polar surface area (TPSA) is 249 Å². The Kier molecular flexibility index (Phi) is 15.4. The minimum Gasteiger partial charge on any atom is -0.444 e. The van der Waals surface area contributed by atoms with Crippen molar-refractivity contribution in [3.8, 4) is 6.07 Å². The zero-order valence-corrected chi connectivity index (χ0v) is 42.7. The molecule has 0 aliphatic carbocycles. The number of hydrogen-bond acceptors (Lipinski definition) is 14. The van der Waals surface area contributed by atoms with Gasteiger partial charge in [-0.3, -0.25) is 24.9 Å². The number of nitrogens with two attached hydrogens (primary N) is 1. The van der Waals surface area contributed by atoms with Gasteiger partial charge in [0, 0.05) is 52.5 Å². The summed E-state index contributed by atoms with van der Waals surface area (Å²) in [7, 11) is -7.43. The molecule has 20 heteroatoms. The van der Waals surface area contributed by atoms with E-state index in [0.29, 0.717) is 43.8 Å². The van der Waals surface area contributed by atoms with E-state index in [1.165, 1.54) is 46.5 Å². The molecule has 8 rings (SSSR count). The van der Waals surface area contributed by atoms with Crippen LogP contribution >= 0.6 is 15.9 Å². The molecule has 366 valence electrons. The van der Waals surface area contributed by atoms with E-state index in [2.05, 4.69) is 41.2 Å². The molecule has 0 fully saturated rings. The molecule has 4 heterocycles. The van der Waals surface area contributed by atoms with Crippen LogP contribution < -0.4 is 20.9 Å². The summed E-state index contributed by atoms with van der Waals surface area (Å²) in [5.74, 6) is -0.166. The maximum atomic E-state index is 13.7. The minimum absolute atomic E-state index is 0.0110.